The van der Waals surface area contributed by atoms with Gasteiger partial charge in [0.05, 0.1) is 23.8 Å². The number of carbonyl (C=O) groups is 1. The molecule has 0 radical (unpaired) electrons. The molecule has 2 aliphatic rings. The monoisotopic (exact) mass is 419 g/mol. The molecule has 2 heterocycles. The number of nitrogens with zero attached hydrogens (tertiary/aromatic N) is 3. The molecular formula is C20H26BrN3O2. The van der Waals surface area contributed by atoms with Crippen LogP contribution in [-0.4, -0.2) is 41.8 Å². The van der Waals surface area contributed by atoms with E-state index in [1.165, 1.54) is 0 Å². The maximum atomic E-state index is 12.6. The van der Waals surface area contributed by atoms with E-state index in [-0.39, 0.29) is 18.2 Å². The molecule has 2 unspecified atom stereocenters. The van der Waals surface area contributed by atoms with Gasteiger partial charge >= 0.3 is 6.09 Å². The van der Waals surface area contributed by atoms with Gasteiger partial charge in [-0.1, -0.05) is 6.07 Å². The van der Waals surface area contributed by atoms with Crippen molar-refractivity contribution in [1.29, 1.82) is 5.26 Å². The molecule has 2 fully saturated rings. The standard InChI is InChI=1S/C20H26BrN3O2/c1-20(2,3)26-19(25)24-15-7-8-16(24)13-23(12-15)18-9-6-14(5-4-10-22)11-17(18)21/h6,9,11,15-16H,4-5,7-8,12-13H2,1-3H3. The van der Waals surface area contributed by atoms with Crippen LogP contribution in [0, 0.1) is 11.3 Å². The zero-order chi connectivity index (χ0) is 18.9. The summed E-state index contributed by atoms with van der Waals surface area (Å²) in [6.45, 7) is 7.38. The largest absolute Gasteiger partial charge is 0.444 e. The van der Waals surface area contributed by atoms with E-state index < -0.39 is 5.60 Å². The summed E-state index contributed by atoms with van der Waals surface area (Å²) in [5, 5.41) is 8.75. The lowest BCUT2D eigenvalue weighted by molar-refractivity contribution is 0.0123. The molecule has 3 rings (SSSR count). The van der Waals surface area contributed by atoms with E-state index in [1.807, 2.05) is 25.7 Å². The number of rotatable bonds is 3. The van der Waals surface area contributed by atoms with Crippen LogP contribution in [0.5, 0.6) is 0 Å². The lowest BCUT2D eigenvalue weighted by Crippen LogP contribution is -2.56. The topological polar surface area (TPSA) is 56.6 Å². The molecule has 2 atom stereocenters. The molecule has 0 N–H and O–H groups in total. The highest BCUT2D eigenvalue weighted by atomic mass is 79.9. The minimum Gasteiger partial charge on any atom is -0.444 e. The molecular weight excluding hydrogens is 394 g/mol. The van der Waals surface area contributed by atoms with Crippen LogP contribution in [0.15, 0.2) is 22.7 Å². The van der Waals surface area contributed by atoms with Gasteiger partial charge in [0.2, 0.25) is 0 Å². The third kappa shape index (κ3) is 4.15. The second kappa shape index (κ2) is 7.48. The summed E-state index contributed by atoms with van der Waals surface area (Å²) in [4.78, 5) is 16.9. The van der Waals surface area contributed by atoms with Gasteiger partial charge in [-0.3, -0.25) is 4.90 Å². The summed E-state index contributed by atoms with van der Waals surface area (Å²) in [7, 11) is 0. The fourth-order valence-electron chi connectivity index (χ4n) is 3.88. The zero-order valence-corrected chi connectivity index (χ0v) is 17.3. The summed E-state index contributed by atoms with van der Waals surface area (Å²) in [6, 6.07) is 8.92. The highest BCUT2D eigenvalue weighted by molar-refractivity contribution is 9.10. The first-order valence-electron chi connectivity index (χ1n) is 9.20. The van der Waals surface area contributed by atoms with Crippen LogP contribution in [0.25, 0.3) is 0 Å². The van der Waals surface area contributed by atoms with E-state index in [0.717, 1.165) is 48.1 Å². The molecule has 5 nitrogen and oxygen atoms in total. The average molecular weight is 420 g/mol. The van der Waals surface area contributed by atoms with Crippen molar-refractivity contribution in [3.63, 3.8) is 0 Å². The smallest absolute Gasteiger partial charge is 0.410 e. The predicted octanol–water partition coefficient (Wildman–Crippen LogP) is 4.49. The van der Waals surface area contributed by atoms with Crippen LogP contribution in [0.1, 0.15) is 45.6 Å². The third-order valence-corrected chi connectivity index (χ3v) is 5.60. The van der Waals surface area contributed by atoms with Crippen molar-refractivity contribution in [2.75, 3.05) is 18.0 Å². The van der Waals surface area contributed by atoms with Crippen LogP contribution in [0.3, 0.4) is 0 Å². The number of nitriles is 1. The summed E-state index contributed by atoms with van der Waals surface area (Å²) in [5.41, 5.74) is 1.86. The second-order valence-electron chi connectivity index (χ2n) is 8.12. The highest BCUT2D eigenvalue weighted by Gasteiger charge is 2.44. The Morgan fingerprint density at radius 3 is 2.50 bits per heavy atom. The molecule has 1 amide bonds. The van der Waals surface area contributed by atoms with Crippen LogP contribution in [0.2, 0.25) is 0 Å². The van der Waals surface area contributed by atoms with Gasteiger partial charge in [0.1, 0.15) is 5.60 Å². The summed E-state index contributed by atoms with van der Waals surface area (Å²) >= 11 is 3.69. The number of anilines is 1. The highest BCUT2D eigenvalue weighted by Crippen LogP contribution is 2.36. The average Bonchev–Trinajstić information content (AvgIpc) is 2.82. The lowest BCUT2D eigenvalue weighted by Gasteiger charge is -2.42. The van der Waals surface area contributed by atoms with Gasteiger partial charge in [0, 0.05) is 24.0 Å². The van der Waals surface area contributed by atoms with Gasteiger partial charge in [-0.05, 0) is 73.7 Å². The Hall–Kier alpha value is -1.74. The number of carbonyl (C=O) groups excluding carboxylic acids is 1. The minimum atomic E-state index is -0.462. The van der Waals surface area contributed by atoms with E-state index in [9.17, 15) is 4.79 Å². The second-order valence-corrected chi connectivity index (χ2v) is 8.98. The van der Waals surface area contributed by atoms with Crippen LogP contribution in [0.4, 0.5) is 10.5 Å². The summed E-state index contributed by atoms with van der Waals surface area (Å²) in [5.74, 6) is 0. The predicted molar refractivity (Wildman–Crippen MR) is 105 cm³/mol. The molecule has 0 saturated carbocycles. The molecule has 0 aliphatic carbocycles. The Morgan fingerprint density at radius 2 is 1.96 bits per heavy atom. The van der Waals surface area contributed by atoms with E-state index in [0.29, 0.717) is 6.42 Å². The molecule has 2 bridgehead atoms. The molecule has 0 spiro atoms. The molecule has 2 aliphatic heterocycles. The molecule has 1 aromatic rings. The van der Waals surface area contributed by atoms with Gasteiger partial charge < -0.3 is 9.64 Å². The number of hydrogen-bond donors (Lipinski definition) is 0. The third-order valence-electron chi connectivity index (χ3n) is 4.96. The maximum Gasteiger partial charge on any atom is 0.410 e. The van der Waals surface area contributed by atoms with E-state index >= 15 is 0 Å². The first kappa shape index (κ1) is 19.0. The molecule has 2 saturated heterocycles. The zero-order valence-electron chi connectivity index (χ0n) is 15.7. The van der Waals surface area contributed by atoms with Crippen LogP contribution in [-0.2, 0) is 11.2 Å². The number of amides is 1. The number of ether oxygens (including phenoxy) is 1. The lowest BCUT2D eigenvalue weighted by atomic mass is 10.1. The van der Waals surface area contributed by atoms with Crippen molar-refractivity contribution in [3.8, 4) is 6.07 Å². The van der Waals surface area contributed by atoms with Crippen LogP contribution < -0.4 is 4.90 Å². The maximum absolute atomic E-state index is 12.6. The van der Waals surface area contributed by atoms with Gasteiger partial charge in [-0.2, -0.15) is 5.26 Å². The number of aryl methyl sites for hydroxylation is 1. The number of benzene rings is 1. The van der Waals surface area contributed by atoms with Gasteiger partial charge in [-0.25, -0.2) is 4.79 Å². The van der Waals surface area contributed by atoms with E-state index in [1.54, 1.807) is 0 Å². The molecule has 140 valence electrons. The molecule has 26 heavy (non-hydrogen) atoms. The van der Waals surface area contributed by atoms with Gasteiger partial charge in [0.25, 0.3) is 0 Å². The number of piperazine rings is 1. The van der Waals surface area contributed by atoms with E-state index in [4.69, 9.17) is 10.00 Å². The fraction of sp³-hybridized carbons (Fsp3) is 0.600. The normalized spacial score (nSPS) is 22.3. The quantitative estimate of drug-likeness (QED) is 0.723. The van der Waals surface area contributed by atoms with Crippen molar-refractivity contribution < 1.29 is 9.53 Å². The molecule has 0 aromatic heterocycles. The van der Waals surface area contributed by atoms with Crippen molar-refractivity contribution in [2.45, 2.75) is 64.1 Å². The summed E-state index contributed by atoms with van der Waals surface area (Å²) < 4.78 is 6.66. The first-order chi connectivity index (χ1) is 12.3. The SMILES string of the molecule is CC(C)(C)OC(=O)N1C2CCC1CN(c1ccc(CCC#N)cc1Br)C2. The fourth-order valence-corrected chi connectivity index (χ4v) is 4.55. The molecule has 6 heteroatoms. The van der Waals surface area contributed by atoms with Crippen molar-refractivity contribution in [2.24, 2.45) is 0 Å². The number of halogens is 1. The minimum absolute atomic E-state index is 0.185. The first-order valence-corrected chi connectivity index (χ1v) is 9.99. The molecule has 1 aromatic carbocycles. The Kier molecular flexibility index (Phi) is 5.47. The Morgan fingerprint density at radius 1 is 1.31 bits per heavy atom. The number of hydrogen-bond acceptors (Lipinski definition) is 4. The van der Waals surface area contributed by atoms with Crippen LogP contribution >= 0.6 is 15.9 Å². The van der Waals surface area contributed by atoms with Crippen molar-refractivity contribution in [3.05, 3.63) is 28.2 Å². The summed E-state index contributed by atoms with van der Waals surface area (Å²) in [6.07, 6.45) is 3.17. The Bertz CT molecular complexity index is 709. The number of fused-ring (bicyclic) bond motifs is 2. The van der Waals surface area contributed by atoms with Gasteiger partial charge in [0.15, 0.2) is 0 Å². The van der Waals surface area contributed by atoms with E-state index in [2.05, 4.69) is 45.1 Å². The Balaban J connectivity index is 1.71. The van der Waals surface area contributed by atoms with Crippen molar-refractivity contribution in [1.82, 2.24) is 4.90 Å². The van der Waals surface area contributed by atoms with Gasteiger partial charge in [-0.15, -0.1) is 0 Å². The van der Waals surface area contributed by atoms with Crippen molar-refractivity contribution >= 4 is 27.7 Å². The Labute approximate surface area is 164 Å².